The Labute approximate surface area is 226 Å². The van der Waals surface area contributed by atoms with Crippen molar-refractivity contribution in [1.29, 1.82) is 5.26 Å². The maximum atomic E-state index is 9.44. The Morgan fingerprint density at radius 1 is 1.14 bits per heavy atom. The third-order valence-electron chi connectivity index (χ3n) is 8.51. The number of thioether (sulfide) groups is 1. The third kappa shape index (κ3) is 4.89. The lowest BCUT2D eigenvalue weighted by atomic mass is 9.92. The second-order valence-corrected chi connectivity index (χ2v) is 18.8. The van der Waals surface area contributed by atoms with E-state index in [4.69, 9.17) is 14.6 Å². The van der Waals surface area contributed by atoms with Gasteiger partial charge < -0.3 is 8.99 Å². The van der Waals surface area contributed by atoms with E-state index >= 15 is 0 Å². The molecular formula is C29H37N5OSSi. The van der Waals surface area contributed by atoms with E-state index in [2.05, 4.69) is 80.7 Å². The van der Waals surface area contributed by atoms with E-state index in [1.165, 1.54) is 5.56 Å². The molecule has 0 amide bonds. The lowest BCUT2D eigenvalue weighted by Crippen LogP contribution is -2.45. The summed E-state index contributed by atoms with van der Waals surface area (Å²) in [6.45, 7) is 15.6. The Balaban J connectivity index is 1.38. The summed E-state index contributed by atoms with van der Waals surface area (Å²) in [6.07, 6.45) is 4.70. The van der Waals surface area contributed by atoms with E-state index in [1.54, 1.807) is 6.20 Å². The molecule has 37 heavy (non-hydrogen) atoms. The van der Waals surface area contributed by atoms with Crippen LogP contribution in [0.3, 0.4) is 0 Å². The molecule has 194 valence electrons. The minimum atomic E-state index is -1.82. The number of fused-ring (bicyclic) bond motifs is 1. The van der Waals surface area contributed by atoms with Crippen molar-refractivity contribution in [3.63, 3.8) is 0 Å². The van der Waals surface area contributed by atoms with Gasteiger partial charge in [0.2, 0.25) is 0 Å². The second-order valence-electron chi connectivity index (χ2n) is 12.3. The summed E-state index contributed by atoms with van der Waals surface area (Å²) in [4.78, 5) is 4.21. The lowest BCUT2D eigenvalue weighted by molar-refractivity contribution is 0.252. The molecule has 0 N–H and O–H groups in total. The van der Waals surface area contributed by atoms with E-state index in [-0.39, 0.29) is 15.2 Å². The molecule has 1 atom stereocenters. The van der Waals surface area contributed by atoms with Crippen LogP contribution < -0.4 is 0 Å². The molecule has 2 aliphatic rings. The van der Waals surface area contributed by atoms with E-state index in [0.29, 0.717) is 5.69 Å². The number of benzene rings is 1. The monoisotopic (exact) mass is 531 g/mol. The second kappa shape index (κ2) is 9.37. The summed E-state index contributed by atoms with van der Waals surface area (Å²) >= 11 is 2.01. The molecule has 1 fully saturated rings. The summed E-state index contributed by atoms with van der Waals surface area (Å²) in [5, 5.41) is 19.2. The number of nitriles is 1. The molecule has 1 aliphatic heterocycles. The van der Waals surface area contributed by atoms with Crippen molar-refractivity contribution in [2.75, 3.05) is 12.4 Å². The first-order valence-electron chi connectivity index (χ1n) is 13.1. The highest BCUT2D eigenvalue weighted by Gasteiger charge is 2.51. The number of hydrogen-bond donors (Lipinski definition) is 0. The van der Waals surface area contributed by atoms with Crippen LogP contribution in [0.1, 0.15) is 63.4 Å². The van der Waals surface area contributed by atoms with Gasteiger partial charge in [-0.25, -0.2) is 4.98 Å². The van der Waals surface area contributed by atoms with Crippen LogP contribution in [0.25, 0.3) is 11.1 Å². The molecule has 3 aromatic rings. The number of hydrogen-bond acceptors (Lipinski definition) is 6. The molecule has 0 saturated heterocycles. The van der Waals surface area contributed by atoms with Crippen LogP contribution in [0.15, 0.2) is 42.6 Å². The van der Waals surface area contributed by atoms with Crippen LogP contribution in [0.2, 0.25) is 18.1 Å². The number of pyridine rings is 1. The van der Waals surface area contributed by atoms with Crippen molar-refractivity contribution in [2.45, 2.75) is 81.8 Å². The fourth-order valence-electron chi connectivity index (χ4n) is 4.93. The van der Waals surface area contributed by atoms with Gasteiger partial charge in [-0.1, -0.05) is 45.0 Å². The number of nitrogens with zero attached hydrogens (tertiary/aromatic N) is 5. The number of rotatable bonds is 6. The van der Waals surface area contributed by atoms with Gasteiger partial charge in [-0.05, 0) is 61.2 Å². The molecule has 5 rings (SSSR count). The highest BCUT2D eigenvalue weighted by Crippen LogP contribution is 2.53. The molecule has 1 aromatic carbocycles. The lowest BCUT2D eigenvalue weighted by Gasteiger charge is -2.39. The van der Waals surface area contributed by atoms with Crippen molar-refractivity contribution in [2.24, 2.45) is 0 Å². The van der Waals surface area contributed by atoms with Crippen molar-refractivity contribution in [3.8, 4) is 17.2 Å². The first-order chi connectivity index (χ1) is 17.5. The Kier molecular flexibility index (Phi) is 6.62. The van der Waals surface area contributed by atoms with E-state index < -0.39 is 8.32 Å². The number of aromatic nitrogens is 4. The standard InChI is InChI=1S/C29H37N5OSSi/c1-27(2,3)37(5,6)35-20-28(4)18-25-32-33-26(34(25)16-17-36-28)29(13-14-29)22-11-9-21(10-12-22)23-8-7-15-31-24(23)19-30/h7-12,15H,13-14,16-18,20H2,1-6H3. The smallest absolute Gasteiger partial charge is 0.192 e. The Morgan fingerprint density at radius 3 is 2.51 bits per heavy atom. The van der Waals surface area contributed by atoms with Crippen molar-refractivity contribution in [1.82, 2.24) is 19.7 Å². The maximum absolute atomic E-state index is 9.44. The maximum Gasteiger partial charge on any atom is 0.192 e. The van der Waals surface area contributed by atoms with E-state index in [0.717, 1.165) is 60.9 Å². The van der Waals surface area contributed by atoms with Crippen LogP contribution in [0, 0.1) is 11.3 Å². The highest BCUT2D eigenvalue weighted by atomic mass is 32.2. The molecule has 3 heterocycles. The summed E-state index contributed by atoms with van der Waals surface area (Å²) < 4.78 is 9.05. The minimum Gasteiger partial charge on any atom is -0.415 e. The van der Waals surface area contributed by atoms with Gasteiger partial charge in [-0.15, -0.1) is 10.2 Å². The van der Waals surface area contributed by atoms with Gasteiger partial charge in [-0.2, -0.15) is 17.0 Å². The average molecular weight is 532 g/mol. The first kappa shape index (κ1) is 26.1. The van der Waals surface area contributed by atoms with Crippen LogP contribution in [-0.4, -0.2) is 45.2 Å². The molecule has 0 bridgehead atoms. The van der Waals surface area contributed by atoms with Crippen molar-refractivity contribution >= 4 is 20.1 Å². The zero-order valence-electron chi connectivity index (χ0n) is 22.8. The van der Waals surface area contributed by atoms with Gasteiger partial charge in [0.25, 0.3) is 0 Å². The third-order valence-corrected chi connectivity index (χ3v) is 14.3. The summed E-state index contributed by atoms with van der Waals surface area (Å²) in [6, 6.07) is 14.6. The van der Waals surface area contributed by atoms with Crippen LogP contribution >= 0.6 is 11.8 Å². The molecule has 1 saturated carbocycles. The van der Waals surface area contributed by atoms with Gasteiger partial charge in [-0.3, -0.25) is 0 Å². The van der Waals surface area contributed by atoms with E-state index in [9.17, 15) is 5.26 Å². The van der Waals surface area contributed by atoms with E-state index in [1.807, 2.05) is 23.9 Å². The SMILES string of the molecule is CC1(CO[Si](C)(C)C(C)(C)C)Cc2nnc(C3(c4ccc(-c5cccnc5C#N)cc4)CC3)n2CCS1. The topological polar surface area (TPSA) is 76.6 Å². The van der Waals surface area contributed by atoms with Crippen molar-refractivity contribution < 1.29 is 4.43 Å². The van der Waals surface area contributed by atoms with Gasteiger partial charge >= 0.3 is 0 Å². The average Bonchev–Trinajstić information content (AvgIpc) is 3.61. The molecule has 1 unspecified atom stereocenters. The quantitative estimate of drug-likeness (QED) is 0.344. The minimum absolute atomic E-state index is 0.00535. The predicted molar refractivity (Wildman–Crippen MR) is 152 cm³/mol. The first-order valence-corrected chi connectivity index (χ1v) is 17.0. The fourth-order valence-corrected chi connectivity index (χ4v) is 7.29. The Bertz CT molecular complexity index is 1330. The summed E-state index contributed by atoms with van der Waals surface area (Å²) in [5.74, 6) is 3.21. The summed E-state index contributed by atoms with van der Waals surface area (Å²) in [7, 11) is -1.82. The molecule has 1 aliphatic carbocycles. The molecular weight excluding hydrogens is 495 g/mol. The molecule has 0 radical (unpaired) electrons. The zero-order chi connectivity index (χ0) is 26.5. The van der Waals surface area contributed by atoms with Gasteiger partial charge in [0.05, 0.1) is 5.41 Å². The molecule has 2 aromatic heterocycles. The normalized spacial score (nSPS) is 21.1. The van der Waals surface area contributed by atoms with Crippen LogP contribution in [-0.2, 0) is 22.8 Å². The zero-order valence-corrected chi connectivity index (χ0v) is 24.7. The Morgan fingerprint density at radius 2 is 1.86 bits per heavy atom. The van der Waals surface area contributed by atoms with Gasteiger partial charge in [0.1, 0.15) is 23.4 Å². The van der Waals surface area contributed by atoms with Gasteiger partial charge in [0.15, 0.2) is 8.32 Å². The molecule has 6 nitrogen and oxygen atoms in total. The molecule has 8 heteroatoms. The fraction of sp³-hybridized carbons (Fsp3) is 0.517. The Hall–Kier alpha value is -2.47. The highest BCUT2D eigenvalue weighted by molar-refractivity contribution is 8.00. The predicted octanol–water partition coefficient (Wildman–Crippen LogP) is 6.36. The van der Waals surface area contributed by atoms with Crippen molar-refractivity contribution in [3.05, 3.63) is 65.5 Å². The summed E-state index contributed by atoms with van der Waals surface area (Å²) in [5.41, 5.74) is 3.54. The van der Waals surface area contributed by atoms with Crippen LogP contribution in [0.5, 0.6) is 0 Å². The largest absolute Gasteiger partial charge is 0.415 e. The van der Waals surface area contributed by atoms with Gasteiger partial charge in [0, 0.05) is 41.8 Å². The van der Waals surface area contributed by atoms with Crippen LogP contribution in [0.4, 0.5) is 0 Å². The molecule has 0 spiro atoms.